The molecular weight excluding hydrogens is 292 g/mol. The average Bonchev–Trinajstić information content (AvgIpc) is 2.89. The largest absolute Gasteiger partial charge is 0.398 e. The van der Waals surface area contributed by atoms with Crippen molar-refractivity contribution < 1.29 is 4.79 Å². The first-order chi connectivity index (χ1) is 9.65. The van der Waals surface area contributed by atoms with Gasteiger partial charge in [-0.05, 0) is 47.2 Å². The number of hydrogen-bond acceptors (Lipinski definition) is 3. The third kappa shape index (κ3) is 2.35. The molecule has 2 aromatic carbocycles. The molecule has 3 rings (SSSR count). The van der Waals surface area contributed by atoms with E-state index in [2.05, 4.69) is 5.32 Å². The van der Waals surface area contributed by atoms with Gasteiger partial charge < -0.3 is 11.1 Å². The van der Waals surface area contributed by atoms with E-state index in [1.165, 1.54) is 4.70 Å². The molecule has 1 amide bonds. The van der Waals surface area contributed by atoms with E-state index in [0.717, 1.165) is 11.1 Å². The molecule has 3 nitrogen and oxygen atoms in total. The van der Waals surface area contributed by atoms with Gasteiger partial charge >= 0.3 is 0 Å². The van der Waals surface area contributed by atoms with Crippen LogP contribution >= 0.6 is 22.9 Å². The van der Waals surface area contributed by atoms with Crippen LogP contribution in [-0.2, 0) is 0 Å². The summed E-state index contributed by atoms with van der Waals surface area (Å²) >= 11 is 7.71. The number of rotatable bonds is 2. The summed E-state index contributed by atoms with van der Waals surface area (Å²) in [5.74, 6) is -0.267. The standard InChI is InChI=1S/C15H11ClN2OS/c16-14-11(2-1-3-12(14)17)15(19)18-10-4-5-13-9(8-10)6-7-20-13/h1-8H,17H2,(H,18,19). The summed E-state index contributed by atoms with van der Waals surface area (Å²) in [6.45, 7) is 0. The Bertz CT molecular complexity index is 797. The van der Waals surface area contributed by atoms with E-state index in [1.54, 1.807) is 29.5 Å². The number of amides is 1. The van der Waals surface area contributed by atoms with Gasteiger partial charge in [-0.3, -0.25) is 4.79 Å². The number of anilines is 2. The fraction of sp³-hybridized carbons (Fsp3) is 0. The summed E-state index contributed by atoms with van der Waals surface area (Å²) in [4.78, 5) is 12.2. The van der Waals surface area contributed by atoms with Crippen molar-refractivity contribution in [2.24, 2.45) is 0 Å². The van der Waals surface area contributed by atoms with Gasteiger partial charge in [0.2, 0.25) is 0 Å². The molecule has 1 heterocycles. The van der Waals surface area contributed by atoms with Crippen LogP contribution in [0.5, 0.6) is 0 Å². The first-order valence-corrected chi connectivity index (χ1v) is 7.23. The minimum absolute atomic E-state index is 0.267. The fourth-order valence-electron chi connectivity index (χ4n) is 1.97. The first kappa shape index (κ1) is 13.0. The molecule has 0 atom stereocenters. The van der Waals surface area contributed by atoms with Gasteiger partial charge in [0.1, 0.15) is 0 Å². The number of nitrogens with one attached hydrogen (secondary N) is 1. The Labute approximate surface area is 125 Å². The van der Waals surface area contributed by atoms with Crippen molar-refractivity contribution in [3.05, 3.63) is 58.4 Å². The molecule has 0 bridgehead atoms. The van der Waals surface area contributed by atoms with Gasteiger partial charge in [-0.15, -0.1) is 11.3 Å². The number of carbonyl (C=O) groups excluding carboxylic acids is 1. The number of nitrogens with two attached hydrogens (primary N) is 1. The summed E-state index contributed by atoms with van der Waals surface area (Å²) in [6, 6.07) is 12.8. The van der Waals surface area contributed by atoms with E-state index in [-0.39, 0.29) is 10.9 Å². The third-order valence-corrected chi connectivity index (χ3v) is 4.30. The highest BCUT2D eigenvalue weighted by Crippen LogP contribution is 2.26. The second-order valence-corrected chi connectivity index (χ2v) is 5.66. The van der Waals surface area contributed by atoms with Gasteiger partial charge in [0, 0.05) is 10.4 Å². The smallest absolute Gasteiger partial charge is 0.257 e. The quantitative estimate of drug-likeness (QED) is 0.690. The van der Waals surface area contributed by atoms with Crippen LogP contribution in [0.3, 0.4) is 0 Å². The summed E-state index contributed by atoms with van der Waals surface area (Å²) in [7, 11) is 0. The number of fused-ring (bicyclic) bond motifs is 1. The topological polar surface area (TPSA) is 55.1 Å². The molecule has 0 saturated carbocycles. The molecule has 3 aromatic rings. The van der Waals surface area contributed by atoms with Gasteiger partial charge in [-0.2, -0.15) is 0 Å². The number of nitrogen functional groups attached to an aromatic ring is 1. The molecule has 1 aromatic heterocycles. The van der Waals surface area contributed by atoms with E-state index in [0.29, 0.717) is 11.3 Å². The van der Waals surface area contributed by atoms with E-state index in [4.69, 9.17) is 17.3 Å². The van der Waals surface area contributed by atoms with Gasteiger partial charge in [0.25, 0.3) is 5.91 Å². The molecule has 0 fully saturated rings. The maximum atomic E-state index is 12.2. The lowest BCUT2D eigenvalue weighted by Gasteiger charge is -2.08. The first-order valence-electron chi connectivity index (χ1n) is 5.98. The van der Waals surface area contributed by atoms with Crippen LogP contribution < -0.4 is 11.1 Å². The molecule has 5 heteroatoms. The van der Waals surface area contributed by atoms with E-state index in [9.17, 15) is 4.79 Å². The molecular formula is C15H11ClN2OS. The van der Waals surface area contributed by atoms with Crippen LogP contribution in [0.1, 0.15) is 10.4 Å². The fourth-order valence-corrected chi connectivity index (χ4v) is 2.95. The van der Waals surface area contributed by atoms with Crippen molar-refractivity contribution in [1.82, 2.24) is 0 Å². The zero-order chi connectivity index (χ0) is 14.1. The number of benzene rings is 2. The zero-order valence-corrected chi connectivity index (χ0v) is 12.0. The second kappa shape index (κ2) is 5.15. The Balaban J connectivity index is 1.90. The molecule has 0 radical (unpaired) electrons. The number of halogens is 1. The molecule has 0 aliphatic carbocycles. The number of hydrogen-bond donors (Lipinski definition) is 2. The summed E-state index contributed by atoms with van der Waals surface area (Å²) in [5.41, 5.74) is 7.21. The number of thiophene rings is 1. The van der Waals surface area contributed by atoms with Crippen LogP contribution in [0, 0.1) is 0 Å². The predicted octanol–water partition coefficient (Wildman–Crippen LogP) is 4.39. The van der Waals surface area contributed by atoms with Crippen molar-refractivity contribution in [3.8, 4) is 0 Å². The Hall–Kier alpha value is -2.04. The van der Waals surface area contributed by atoms with Crippen molar-refractivity contribution in [3.63, 3.8) is 0 Å². The third-order valence-electron chi connectivity index (χ3n) is 2.98. The predicted molar refractivity (Wildman–Crippen MR) is 85.6 cm³/mol. The Morgan fingerprint density at radius 2 is 2.05 bits per heavy atom. The van der Waals surface area contributed by atoms with Crippen molar-refractivity contribution in [1.29, 1.82) is 0 Å². The summed E-state index contributed by atoms with van der Waals surface area (Å²) in [6.07, 6.45) is 0. The minimum Gasteiger partial charge on any atom is -0.398 e. The van der Waals surface area contributed by atoms with E-state index >= 15 is 0 Å². The molecule has 0 aliphatic heterocycles. The highest BCUT2D eigenvalue weighted by Gasteiger charge is 2.12. The van der Waals surface area contributed by atoms with Gasteiger partial charge in [-0.1, -0.05) is 17.7 Å². The second-order valence-electron chi connectivity index (χ2n) is 4.34. The molecule has 3 N–H and O–H groups in total. The molecule has 20 heavy (non-hydrogen) atoms. The summed E-state index contributed by atoms with van der Waals surface area (Å²) < 4.78 is 1.19. The lowest BCUT2D eigenvalue weighted by atomic mass is 10.1. The van der Waals surface area contributed by atoms with Crippen molar-refractivity contribution in [2.45, 2.75) is 0 Å². The van der Waals surface area contributed by atoms with Crippen molar-refractivity contribution >= 4 is 50.3 Å². The highest BCUT2D eigenvalue weighted by atomic mass is 35.5. The lowest BCUT2D eigenvalue weighted by Crippen LogP contribution is -2.12. The summed E-state index contributed by atoms with van der Waals surface area (Å²) in [5, 5.41) is 6.24. The maximum absolute atomic E-state index is 12.2. The maximum Gasteiger partial charge on any atom is 0.257 e. The van der Waals surface area contributed by atoms with Crippen LogP contribution in [0.15, 0.2) is 47.8 Å². The van der Waals surface area contributed by atoms with E-state index < -0.39 is 0 Å². The Morgan fingerprint density at radius 1 is 1.20 bits per heavy atom. The molecule has 0 unspecified atom stereocenters. The normalized spacial score (nSPS) is 10.7. The molecule has 0 saturated heterocycles. The van der Waals surface area contributed by atoms with Crippen LogP contribution in [0.4, 0.5) is 11.4 Å². The van der Waals surface area contributed by atoms with Crippen LogP contribution in [0.25, 0.3) is 10.1 Å². The average molecular weight is 303 g/mol. The van der Waals surface area contributed by atoms with Gasteiger partial charge in [0.05, 0.1) is 16.3 Å². The molecule has 100 valence electrons. The molecule has 0 spiro atoms. The lowest BCUT2D eigenvalue weighted by molar-refractivity contribution is 0.102. The highest BCUT2D eigenvalue weighted by molar-refractivity contribution is 7.17. The Kier molecular flexibility index (Phi) is 3.34. The number of carbonyl (C=O) groups is 1. The minimum atomic E-state index is -0.267. The Morgan fingerprint density at radius 3 is 2.90 bits per heavy atom. The SMILES string of the molecule is Nc1cccc(C(=O)Nc2ccc3sccc3c2)c1Cl. The van der Waals surface area contributed by atoms with Crippen LogP contribution in [-0.4, -0.2) is 5.91 Å². The van der Waals surface area contributed by atoms with Gasteiger partial charge in [-0.25, -0.2) is 0 Å². The van der Waals surface area contributed by atoms with Crippen LogP contribution in [0.2, 0.25) is 5.02 Å². The van der Waals surface area contributed by atoms with E-state index in [1.807, 2.05) is 29.6 Å². The monoisotopic (exact) mass is 302 g/mol. The van der Waals surface area contributed by atoms with Gasteiger partial charge in [0.15, 0.2) is 0 Å². The molecule has 0 aliphatic rings. The zero-order valence-electron chi connectivity index (χ0n) is 10.4. The van der Waals surface area contributed by atoms with Crippen molar-refractivity contribution in [2.75, 3.05) is 11.1 Å².